The average molecular weight is 199 g/mol. The second-order valence-corrected chi connectivity index (χ2v) is 3.21. The lowest BCUT2D eigenvalue weighted by molar-refractivity contribution is -0.118. The third-order valence-electron chi connectivity index (χ3n) is 1.37. The van der Waals surface area contributed by atoms with E-state index in [-0.39, 0.29) is 5.91 Å². The Hall–Kier alpha value is -0.610. The van der Waals surface area contributed by atoms with Gasteiger partial charge in [-0.05, 0) is 5.56 Å². The zero-order valence-electron chi connectivity index (χ0n) is 6.36. The van der Waals surface area contributed by atoms with Crippen molar-refractivity contribution in [3.8, 4) is 0 Å². The van der Waals surface area contributed by atoms with Crippen molar-refractivity contribution in [3.63, 3.8) is 0 Å². The van der Waals surface area contributed by atoms with Crippen LogP contribution in [-0.2, 0) is 11.2 Å². The summed E-state index contributed by atoms with van der Waals surface area (Å²) in [6.45, 7) is 0. The van der Waals surface area contributed by atoms with Gasteiger partial charge >= 0.3 is 0 Å². The molecule has 0 atom stereocenters. The van der Waals surface area contributed by atoms with E-state index in [0.717, 1.165) is 16.5 Å². The summed E-state index contributed by atoms with van der Waals surface area (Å²) in [6.07, 6.45) is 0.411. The first-order valence-corrected chi connectivity index (χ1v) is 5.33. The number of hydrogen-bond acceptors (Lipinski definition) is 3. The molecule has 0 heterocycles. The maximum absolute atomic E-state index is 11.0. The number of carbonyl (C=O) groups excluding carboxylic acids is 1. The van der Waals surface area contributed by atoms with Crippen LogP contribution in [0, 0.1) is 0 Å². The second-order valence-electron chi connectivity index (χ2n) is 2.28. The molecule has 0 fully saturated rings. The van der Waals surface area contributed by atoms with Crippen LogP contribution in [0.15, 0.2) is 30.3 Å². The van der Waals surface area contributed by atoms with Crippen LogP contribution in [0.2, 0.25) is 0 Å². The van der Waals surface area contributed by atoms with E-state index < -0.39 is 0 Å². The van der Waals surface area contributed by atoms with Crippen molar-refractivity contribution in [3.05, 3.63) is 35.9 Å². The highest BCUT2D eigenvalue weighted by Crippen LogP contribution is 2.02. The number of amides is 1. The molecule has 0 saturated heterocycles. The van der Waals surface area contributed by atoms with Gasteiger partial charge in [-0.2, -0.15) is 0 Å². The molecule has 1 aromatic rings. The molecule has 1 rings (SSSR count). The lowest BCUT2D eigenvalue weighted by atomic mass is 10.1. The molecule has 1 N–H and O–H groups in total. The molecule has 0 spiro atoms. The first-order chi connectivity index (χ1) is 5.83. The molecule has 64 valence electrons. The van der Waals surface area contributed by atoms with Crippen LogP contribution in [0.5, 0.6) is 0 Å². The fourth-order valence-corrected chi connectivity index (χ4v) is 1.35. The number of benzene rings is 1. The SMILES string of the molecule is O=C(Cc1ccccc1)NSS. The molecule has 1 amide bonds. The molecule has 0 aliphatic rings. The molecular weight excluding hydrogens is 190 g/mol. The monoisotopic (exact) mass is 199 g/mol. The predicted octanol–water partition coefficient (Wildman–Crippen LogP) is 1.84. The number of hydrogen-bond donors (Lipinski definition) is 2. The van der Waals surface area contributed by atoms with Crippen molar-refractivity contribution in [2.45, 2.75) is 6.42 Å². The van der Waals surface area contributed by atoms with Gasteiger partial charge in [-0.3, -0.25) is 9.52 Å². The Morgan fingerprint density at radius 3 is 2.67 bits per heavy atom. The topological polar surface area (TPSA) is 29.1 Å². The summed E-state index contributed by atoms with van der Waals surface area (Å²) in [5.74, 6) is -0.0267. The van der Waals surface area contributed by atoms with Gasteiger partial charge in [0.25, 0.3) is 0 Å². The Balaban J connectivity index is 2.47. The van der Waals surface area contributed by atoms with E-state index in [1.54, 1.807) is 0 Å². The highest BCUT2D eigenvalue weighted by atomic mass is 33.1. The summed E-state index contributed by atoms with van der Waals surface area (Å²) in [4.78, 5) is 11.0. The van der Waals surface area contributed by atoms with E-state index >= 15 is 0 Å². The summed E-state index contributed by atoms with van der Waals surface area (Å²) in [7, 11) is 1.02. The van der Waals surface area contributed by atoms with Crippen LogP contribution in [0.1, 0.15) is 5.56 Å². The van der Waals surface area contributed by atoms with Gasteiger partial charge in [0.05, 0.1) is 6.42 Å². The van der Waals surface area contributed by atoms with Gasteiger partial charge in [-0.1, -0.05) is 42.0 Å². The average Bonchev–Trinajstić information content (AvgIpc) is 2.06. The van der Waals surface area contributed by atoms with E-state index in [9.17, 15) is 4.79 Å². The predicted molar refractivity (Wildman–Crippen MR) is 54.9 cm³/mol. The molecule has 0 unspecified atom stereocenters. The summed E-state index contributed by atoms with van der Waals surface area (Å²) in [5, 5.41) is 0. The molecule has 4 heteroatoms. The fourth-order valence-electron chi connectivity index (χ4n) is 0.868. The smallest absolute Gasteiger partial charge is 0.234 e. The molecule has 2 nitrogen and oxygen atoms in total. The minimum absolute atomic E-state index is 0.0267. The van der Waals surface area contributed by atoms with Gasteiger partial charge in [0.2, 0.25) is 5.91 Å². The summed E-state index contributed by atoms with van der Waals surface area (Å²) < 4.78 is 2.54. The van der Waals surface area contributed by atoms with Crippen LogP contribution in [0.25, 0.3) is 0 Å². The summed E-state index contributed by atoms with van der Waals surface area (Å²) in [5.41, 5.74) is 1.01. The molecule has 0 aliphatic heterocycles. The van der Waals surface area contributed by atoms with Crippen LogP contribution in [0.3, 0.4) is 0 Å². The molecule has 0 radical (unpaired) electrons. The first kappa shape index (κ1) is 9.48. The number of thiol groups is 1. The Bertz CT molecular complexity index is 250. The lowest BCUT2D eigenvalue weighted by Crippen LogP contribution is -2.16. The van der Waals surface area contributed by atoms with Crippen molar-refractivity contribution in [2.75, 3.05) is 0 Å². The largest absolute Gasteiger partial charge is 0.291 e. The summed E-state index contributed by atoms with van der Waals surface area (Å²) >= 11 is 3.81. The third kappa shape index (κ3) is 3.19. The molecule has 1 aromatic carbocycles. The fraction of sp³-hybridized carbons (Fsp3) is 0.125. The van der Waals surface area contributed by atoms with Crippen LogP contribution >= 0.6 is 22.6 Å². The third-order valence-corrected chi connectivity index (χ3v) is 1.96. The Morgan fingerprint density at radius 1 is 1.42 bits per heavy atom. The quantitative estimate of drug-likeness (QED) is 0.442. The molecule has 0 aliphatic carbocycles. The minimum atomic E-state index is -0.0267. The van der Waals surface area contributed by atoms with E-state index in [2.05, 4.69) is 16.4 Å². The van der Waals surface area contributed by atoms with Crippen molar-refractivity contribution in [1.82, 2.24) is 4.72 Å². The highest BCUT2D eigenvalue weighted by Gasteiger charge is 2.00. The first-order valence-electron chi connectivity index (χ1n) is 3.46. The van der Waals surface area contributed by atoms with Crippen molar-refractivity contribution < 1.29 is 4.79 Å². The van der Waals surface area contributed by atoms with Gasteiger partial charge in [-0.25, -0.2) is 0 Å². The normalized spacial score (nSPS) is 9.42. The minimum Gasteiger partial charge on any atom is -0.291 e. The van der Waals surface area contributed by atoms with Gasteiger partial charge < -0.3 is 0 Å². The lowest BCUT2D eigenvalue weighted by Gasteiger charge is -1.99. The van der Waals surface area contributed by atoms with Gasteiger partial charge in [0.15, 0.2) is 0 Å². The zero-order valence-corrected chi connectivity index (χ0v) is 8.07. The standard InChI is InChI=1S/C8H9NOS2/c10-8(9-12-11)6-7-4-2-1-3-5-7/h1-5,11H,6H2,(H,9,10). The second kappa shape index (κ2) is 5.11. The maximum atomic E-state index is 11.0. The van der Waals surface area contributed by atoms with E-state index in [0.29, 0.717) is 6.42 Å². The Kier molecular flexibility index (Phi) is 4.04. The number of carbonyl (C=O) groups is 1. The van der Waals surface area contributed by atoms with E-state index in [1.165, 1.54) is 0 Å². The van der Waals surface area contributed by atoms with Crippen LogP contribution < -0.4 is 4.72 Å². The number of nitrogens with one attached hydrogen (secondary N) is 1. The highest BCUT2D eigenvalue weighted by molar-refractivity contribution is 8.68. The molecule has 0 aromatic heterocycles. The summed E-state index contributed by atoms with van der Waals surface area (Å²) in [6, 6.07) is 9.59. The number of rotatable bonds is 3. The molecular formula is C8H9NOS2. The van der Waals surface area contributed by atoms with Crippen molar-refractivity contribution >= 4 is 28.5 Å². The van der Waals surface area contributed by atoms with E-state index in [1.807, 2.05) is 30.3 Å². The van der Waals surface area contributed by atoms with Gasteiger partial charge in [-0.15, -0.1) is 0 Å². The van der Waals surface area contributed by atoms with Crippen LogP contribution in [-0.4, -0.2) is 5.91 Å². The Morgan fingerprint density at radius 2 is 2.08 bits per heavy atom. The molecule has 12 heavy (non-hydrogen) atoms. The van der Waals surface area contributed by atoms with Gasteiger partial charge in [0, 0.05) is 11.0 Å². The Labute approximate surface area is 80.7 Å². The van der Waals surface area contributed by atoms with Gasteiger partial charge in [0.1, 0.15) is 0 Å². The maximum Gasteiger partial charge on any atom is 0.234 e. The van der Waals surface area contributed by atoms with Crippen LogP contribution in [0.4, 0.5) is 0 Å². The van der Waals surface area contributed by atoms with Crippen molar-refractivity contribution in [2.24, 2.45) is 0 Å². The van der Waals surface area contributed by atoms with E-state index in [4.69, 9.17) is 0 Å². The van der Waals surface area contributed by atoms with Crippen molar-refractivity contribution in [1.29, 1.82) is 0 Å². The zero-order chi connectivity index (χ0) is 8.81. The molecule has 0 bridgehead atoms. The molecule has 0 saturated carbocycles.